The van der Waals surface area contributed by atoms with Crippen molar-refractivity contribution in [1.82, 2.24) is 40.2 Å². The summed E-state index contributed by atoms with van der Waals surface area (Å²) < 4.78 is 0.502. The molecule has 4 rings (SSSR count). The predicted molar refractivity (Wildman–Crippen MR) is 110 cm³/mol. The Bertz CT molecular complexity index is 1050. The molecule has 2 atom stereocenters. The third-order valence-electron chi connectivity index (χ3n) is 4.42. The van der Waals surface area contributed by atoms with Gasteiger partial charge in [-0.3, -0.25) is 49.4 Å². The largest absolute Gasteiger partial charge is 0.280 e. The minimum Gasteiger partial charge on any atom is -0.280 e. The van der Waals surface area contributed by atoms with Crippen molar-refractivity contribution in [3.8, 4) is 0 Å². The average molecular weight is 487 g/mol. The van der Waals surface area contributed by atoms with Crippen molar-refractivity contribution in [1.29, 1.82) is 0 Å². The second-order valence-electron chi connectivity index (χ2n) is 6.33. The van der Waals surface area contributed by atoms with Crippen molar-refractivity contribution < 1.29 is 19.2 Å². The first-order valence-electron chi connectivity index (χ1n) is 8.63. The van der Waals surface area contributed by atoms with Crippen molar-refractivity contribution in [2.75, 3.05) is 13.1 Å². The van der Waals surface area contributed by atoms with Crippen LogP contribution in [0.25, 0.3) is 0 Å². The van der Waals surface area contributed by atoms with Crippen LogP contribution >= 0.6 is 48.0 Å². The first kappa shape index (κ1) is 21.0. The highest BCUT2D eigenvalue weighted by atomic mass is 32.2. The van der Waals surface area contributed by atoms with E-state index < -0.39 is 10.5 Å². The van der Waals surface area contributed by atoms with Gasteiger partial charge in [0, 0.05) is 25.9 Å². The first-order chi connectivity index (χ1) is 14.3. The monoisotopic (exact) mass is 486 g/mol. The van der Waals surface area contributed by atoms with Gasteiger partial charge in [0.15, 0.2) is 10.3 Å². The molecule has 2 aromatic heterocycles. The number of hydrogen-bond donors (Lipinski definition) is 4. The lowest BCUT2D eigenvalue weighted by Crippen LogP contribution is -2.41. The summed E-state index contributed by atoms with van der Waals surface area (Å²) in [5.74, 6) is -1.50. The summed E-state index contributed by atoms with van der Waals surface area (Å²) in [7, 11) is 0. The van der Waals surface area contributed by atoms with Gasteiger partial charge in [0.25, 0.3) is 0 Å². The number of aromatic nitrogens is 6. The maximum Gasteiger partial charge on any atom is 0.243 e. The Kier molecular flexibility index (Phi) is 5.90. The van der Waals surface area contributed by atoms with Gasteiger partial charge in [-0.05, 0) is 24.4 Å². The second-order valence-corrected chi connectivity index (χ2v) is 9.49. The van der Waals surface area contributed by atoms with E-state index in [1.165, 1.54) is 0 Å². The molecule has 2 aliphatic heterocycles. The fourth-order valence-electron chi connectivity index (χ4n) is 3.05. The van der Waals surface area contributed by atoms with E-state index in [4.69, 9.17) is 24.4 Å². The molecule has 30 heavy (non-hydrogen) atoms. The summed E-state index contributed by atoms with van der Waals surface area (Å²) in [5, 5.41) is 10.2. The molecule has 0 saturated carbocycles. The van der Waals surface area contributed by atoms with Crippen LogP contribution in [0, 0.1) is 9.54 Å². The third kappa shape index (κ3) is 4.26. The van der Waals surface area contributed by atoms with Gasteiger partial charge in [-0.25, -0.2) is 0 Å². The normalized spacial score (nSPS) is 22.0. The van der Waals surface area contributed by atoms with E-state index in [0.29, 0.717) is 10.3 Å². The fraction of sp³-hybridized carbons (Fsp3) is 0.429. The quantitative estimate of drug-likeness (QED) is 0.318. The number of carbonyl (C=O) groups excluding carboxylic acids is 4. The summed E-state index contributed by atoms with van der Waals surface area (Å²) in [5.41, 5.74) is 0. The van der Waals surface area contributed by atoms with Crippen LogP contribution in [0.5, 0.6) is 0 Å². The first-order valence-corrected chi connectivity index (χ1v) is 11.2. The van der Waals surface area contributed by atoms with Crippen LogP contribution < -0.4 is 0 Å². The lowest BCUT2D eigenvalue weighted by Gasteiger charge is -2.19. The summed E-state index contributed by atoms with van der Waals surface area (Å²) in [6.07, 6.45) is 0.0193. The Morgan fingerprint density at radius 3 is 1.50 bits per heavy atom. The minimum atomic E-state index is -0.637. The van der Waals surface area contributed by atoms with Crippen LogP contribution in [0.15, 0.2) is 10.3 Å². The van der Waals surface area contributed by atoms with Crippen LogP contribution in [0.3, 0.4) is 0 Å². The standard InChI is InChI=1S/C14H14N8O4S4/c23-7-3-5(29-13-15-11(27)17-19-13)9(25)21(7)1-2-22-8(24)4-6(10(22)26)30-14-16-12(28)18-20-14/h5-6H,1-4H2,(H2,15,17,19,27)(H2,16,18,20,28). The van der Waals surface area contributed by atoms with Crippen LogP contribution in [0.4, 0.5) is 0 Å². The maximum atomic E-state index is 12.6. The Morgan fingerprint density at radius 1 is 0.767 bits per heavy atom. The SMILES string of the molecule is O=C1CC(Sc2nc(=S)[nH][nH]2)C(=O)N1CCN1C(=O)CC(Sc2nc(=S)[nH][nH]2)C1=O. The molecule has 0 aromatic carbocycles. The zero-order valence-corrected chi connectivity index (χ0v) is 18.3. The highest BCUT2D eigenvalue weighted by Gasteiger charge is 2.43. The van der Waals surface area contributed by atoms with E-state index in [-0.39, 0.29) is 59.1 Å². The average Bonchev–Trinajstić information content (AvgIpc) is 3.41. The zero-order valence-electron chi connectivity index (χ0n) is 15.0. The Morgan fingerprint density at radius 2 is 1.17 bits per heavy atom. The van der Waals surface area contributed by atoms with Gasteiger partial charge in [-0.1, -0.05) is 23.5 Å². The van der Waals surface area contributed by atoms with Gasteiger partial charge < -0.3 is 0 Å². The Balaban J connectivity index is 1.35. The van der Waals surface area contributed by atoms with E-state index >= 15 is 0 Å². The second kappa shape index (κ2) is 8.44. The number of hydrogen-bond acceptors (Lipinski definition) is 10. The Labute approximate surface area is 186 Å². The molecule has 16 heteroatoms. The van der Waals surface area contributed by atoms with E-state index in [9.17, 15) is 19.2 Å². The van der Waals surface area contributed by atoms with E-state index in [1.54, 1.807) is 0 Å². The fourth-order valence-corrected chi connectivity index (χ4v) is 5.41. The molecule has 0 spiro atoms. The van der Waals surface area contributed by atoms with Gasteiger partial charge in [-0.2, -0.15) is 9.97 Å². The molecule has 4 heterocycles. The third-order valence-corrected chi connectivity index (χ3v) is 6.94. The van der Waals surface area contributed by atoms with Crippen molar-refractivity contribution in [2.45, 2.75) is 33.7 Å². The predicted octanol–water partition coefficient (Wildman–Crippen LogP) is 0.387. The molecule has 2 saturated heterocycles. The summed E-state index contributed by atoms with van der Waals surface area (Å²) >= 11 is 11.9. The number of rotatable bonds is 7. The van der Waals surface area contributed by atoms with Gasteiger partial charge in [0.05, 0.1) is 0 Å². The molecular formula is C14H14N8O4S4. The number of aromatic amines is 4. The lowest BCUT2D eigenvalue weighted by molar-refractivity contribution is -0.143. The molecular weight excluding hydrogens is 472 g/mol. The number of imide groups is 2. The van der Waals surface area contributed by atoms with Gasteiger partial charge in [0.2, 0.25) is 33.2 Å². The molecule has 2 aromatic rings. The van der Waals surface area contributed by atoms with Gasteiger partial charge in [0.1, 0.15) is 10.5 Å². The van der Waals surface area contributed by atoms with Crippen molar-refractivity contribution in [2.24, 2.45) is 0 Å². The maximum absolute atomic E-state index is 12.6. The molecule has 12 nitrogen and oxygen atoms in total. The number of carbonyl (C=O) groups is 4. The summed E-state index contributed by atoms with van der Waals surface area (Å²) in [6, 6.07) is 0. The molecule has 2 aliphatic rings. The molecule has 2 fully saturated rings. The van der Waals surface area contributed by atoms with Crippen LogP contribution in [0.2, 0.25) is 0 Å². The molecule has 0 aliphatic carbocycles. The number of likely N-dealkylation sites (tertiary alicyclic amines) is 2. The molecule has 4 N–H and O–H groups in total. The number of thioether (sulfide) groups is 2. The number of nitrogens with one attached hydrogen (secondary N) is 4. The zero-order chi connectivity index (χ0) is 21.4. The van der Waals surface area contributed by atoms with Crippen molar-refractivity contribution in [3.63, 3.8) is 0 Å². The highest BCUT2D eigenvalue weighted by molar-refractivity contribution is 8.00. The number of amides is 4. The smallest absolute Gasteiger partial charge is 0.243 e. The molecule has 0 bridgehead atoms. The van der Waals surface area contributed by atoms with Crippen molar-refractivity contribution >= 4 is 71.6 Å². The lowest BCUT2D eigenvalue weighted by atomic mass is 10.4. The summed E-state index contributed by atoms with van der Waals surface area (Å²) in [4.78, 5) is 59.9. The molecule has 4 amide bonds. The van der Waals surface area contributed by atoms with E-state index in [2.05, 4.69) is 30.4 Å². The highest BCUT2D eigenvalue weighted by Crippen LogP contribution is 2.31. The number of H-pyrrole nitrogens is 4. The molecule has 158 valence electrons. The van der Waals surface area contributed by atoms with Crippen molar-refractivity contribution in [3.05, 3.63) is 9.54 Å². The van der Waals surface area contributed by atoms with Crippen LogP contribution in [-0.4, -0.2) is 87.4 Å². The van der Waals surface area contributed by atoms with Crippen LogP contribution in [0.1, 0.15) is 12.8 Å². The summed E-state index contributed by atoms with van der Waals surface area (Å²) in [6.45, 7) is -0.101. The number of nitrogens with zero attached hydrogens (tertiary/aromatic N) is 4. The Hall–Kier alpha value is -2.30. The minimum absolute atomic E-state index is 0.00966. The molecule has 0 radical (unpaired) electrons. The van der Waals surface area contributed by atoms with Gasteiger partial charge in [-0.15, -0.1) is 0 Å². The molecule has 2 unspecified atom stereocenters. The van der Waals surface area contributed by atoms with E-state index in [0.717, 1.165) is 33.3 Å². The van der Waals surface area contributed by atoms with Crippen LogP contribution in [-0.2, 0) is 19.2 Å². The topological polar surface area (TPSA) is 164 Å². The van der Waals surface area contributed by atoms with E-state index in [1.807, 2.05) is 0 Å². The van der Waals surface area contributed by atoms with Gasteiger partial charge >= 0.3 is 0 Å².